The van der Waals surface area contributed by atoms with Crippen LogP contribution in [0.5, 0.6) is 0 Å². The molecule has 6 heteroatoms. The van der Waals surface area contributed by atoms with Crippen LogP contribution in [0.25, 0.3) is 11.8 Å². The molecule has 0 saturated carbocycles. The number of halogens is 1. The van der Waals surface area contributed by atoms with Gasteiger partial charge in [0.25, 0.3) is 11.8 Å². The van der Waals surface area contributed by atoms with Gasteiger partial charge < -0.3 is 4.57 Å². The first-order chi connectivity index (χ1) is 12.6. The lowest BCUT2D eigenvalue weighted by molar-refractivity contribution is -0.117. The third kappa shape index (κ3) is 2.67. The molecule has 1 aliphatic rings. The number of anilines is 1. The zero-order valence-electron chi connectivity index (χ0n) is 13.6. The van der Waals surface area contributed by atoms with Gasteiger partial charge in [-0.25, -0.2) is 9.40 Å². The van der Waals surface area contributed by atoms with Gasteiger partial charge in [0.1, 0.15) is 11.4 Å². The van der Waals surface area contributed by atoms with Crippen molar-refractivity contribution < 1.29 is 14.0 Å². The normalized spacial score (nSPS) is 15.6. The van der Waals surface area contributed by atoms with Crippen molar-refractivity contribution in [3.8, 4) is 5.69 Å². The minimum Gasteiger partial charge on any atom is -0.314 e. The number of rotatable bonds is 3. The fourth-order valence-electron chi connectivity index (χ4n) is 2.84. The summed E-state index contributed by atoms with van der Waals surface area (Å²) >= 11 is 0. The van der Waals surface area contributed by atoms with E-state index in [2.05, 4.69) is 5.43 Å². The average molecular weight is 347 g/mol. The number of hydrogen-bond acceptors (Lipinski definition) is 2. The summed E-state index contributed by atoms with van der Waals surface area (Å²) in [5.74, 6) is -1.35. The Kier molecular flexibility index (Phi) is 3.85. The van der Waals surface area contributed by atoms with Crippen molar-refractivity contribution in [3.05, 3.63) is 90.0 Å². The summed E-state index contributed by atoms with van der Waals surface area (Å²) in [5.41, 5.74) is 3.98. The van der Waals surface area contributed by atoms with Crippen LogP contribution in [0.15, 0.2) is 78.5 Å². The number of para-hydroxylation sites is 2. The van der Waals surface area contributed by atoms with Crippen LogP contribution in [0.1, 0.15) is 5.69 Å². The number of benzene rings is 2. The number of hydrazine groups is 1. The molecule has 5 nitrogen and oxygen atoms in total. The highest BCUT2D eigenvalue weighted by molar-refractivity contribution is 6.31. The van der Waals surface area contributed by atoms with Crippen LogP contribution in [0, 0.1) is 5.82 Å². The van der Waals surface area contributed by atoms with Gasteiger partial charge >= 0.3 is 0 Å². The van der Waals surface area contributed by atoms with Crippen LogP contribution in [-0.4, -0.2) is 16.4 Å². The molecular formula is C20H14FN3O2. The van der Waals surface area contributed by atoms with Crippen molar-refractivity contribution in [2.24, 2.45) is 0 Å². The van der Waals surface area contributed by atoms with Gasteiger partial charge in [-0.15, -0.1) is 0 Å². The molecule has 3 aromatic rings. The molecular weight excluding hydrogens is 333 g/mol. The molecule has 1 saturated heterocycles. The van der Waals surface area contributed by atoms with E-state index < -0.39 is 17.6 Å². The van der Waals surface area contributed by atoms with Gasteiger partial charge in [0.05, 0.1) is 11.4 Å². The smallest absolute Gasteiger partial charge is 0.282 e. The molecule has 2 heterocycles. The number of aromatic nitrogens is 1. The Morgan fingerprint density at radius 1 is 0.885 bits per heavy atom. The van der Waals surface area contributed by atoms with Crippen LogP contribution in [0.3, 0.4) is 0 Å². The maximum absolute atomic E-state index is 14.1. The van der Waals surface area contributed by atoms with Gasteiger partial charge in [-0.2, -0.15) is 0 Å². The molecule has 1 fully saturated rings. The second kappa shape index (κ2) is 6.33. The third-order valence-electron chi connectivity index (χ3n) is 4.09. The average Bonchev–Trinajstić information content (AvgIpc) is 3.23. The van der Waals surface area contributed by atoms with E-state index in [4.69, 9.17) is 0 Å². The van der Waals surface area contributed by atoms with Crippen LogP contribution in [0.4, 0.5) is 10.1 Å². The Morgan fingerprint density at radius 3 is 2.38 bits per heavy atom. The first-order valence-electron chi connectivity index (χ1n) is 7.99. The van der Waals surface area contributed by atoms with E-state index in [1.807, 2.05) is 6.07 Å². The number of nitrogens with one attached hydrogen (secondary N) is 1. The maximum Gasteiger partial charge on any atom is 0.282 e. The number of carbonyl (C=O) groups is 2. The van der Waals surface area contributed by atoms with Crippen LogP contribution in [-0.2, 0) is 9.59 Å². The van der Waals surface area contributed by atoms with Crippen molar-refractivity contribution in [3.63, 3.8) is 0 Å². The molecule has 0 spiro atoms. The Morgan fingerprint density at radius 2 is 1.62 bits per heavy atom. The molecule has 1 aromatic heterocycles. The Hall–Kier alpha value is -3.67. The summed E-state index contributed by atoms with van der Waals surface area (Å²) in [6.45, 7) is 0. The van der Waals surface area contributed by atoms with E-state index >= 15 is 0 Å². The fraction of sp³-hybridized carbons (Fsp3) is 0. The fourth-order valence-corrected chi connectivity index (χ4v) is 2.84. The van der Waals surface area contributed by atoms with Crippen LogP contribution >= 0.6 is 0 Å². The molecule has 26 heavy (non-hydrogen) atoms. The molecule has 0 unspecified atom stereocenters. The van der Waals surface area contributed by atoms with E-state index in [0.29, 0.717) is 17.1 Å². The first kappa shape index (κ1) is 15.8. The van der Waals surface area contributed by atoms with Crippen molar-refractivity contribution in [2.45, 2.75) is 0 Å². The van der Waals surface area contributed by atoms with E-state index in [1.165, 1.54) is 17.2 Å². The van der Waals surface area contributed by atoms with Gasteiger partial charge in [-0.05, 0) is 42.5 Å². The van der Waals surface area contributed by atoms with E-state index in [9.17, 15) is 14.0 Å². The van der Waals surface area contributed by atoms with Crippen molar-refractivity contribution in [1.29, 1.82) is 0 Å². The summed E-state index contributed by atoms with van der Waals surface area (Å²) < 4.78 is 15.7. The molecule has 0 atom stereocenters. The van der Waals surface area contributed by atoms with Crippen LogP contribution in [0.2, 0.25) is 0 Å². The van der Waals surface area contributed by atoms with Gasteiger partial charge in [-0.1, -0.05) is 30.3 Å². The van der Waals surface area contributed by atoms with Gasteiger partial charge in [0.2, 0.25) is 0 Å². The minimum atomic E-state index is -0.500. The molecule has 2 amide bonds. The predicted molar refractivity (Wildman–Crippen MR) is 95.8 cm³/mol. The topological polar surface area (TPSA) is 54.3 Å². The van der Waals surface area contributed by atoms with Crippen molar-refractivity contribution in [1.82, 2.24) is 9.99 Å². The number of carbonyl (C=O) groups excluding carboxylic acids is 2. The molecule has 1 N–H and O–H groups in total. The van der Waals surface area contributed by atoms with Crippen LogP contribution < -0.4 is 10.4 Å². The quantitative estimate of drug-likeness (QED) is 0.585. The lowest BCUT2D eigenvalue weighted by Gasteiger charge is -2.13. The molecule has 2 aromatic carbocycles. The molecule has 1 aliphatic heterocycles. The standard InChI is InChI=1S/C20H14FN3O2/c21-17-10-4-5-11-18(17)23-12-6-9-15(23)13-16-19(25)22-24(20(16)26)14-7-2-1-3-8-14/h1-13H,(H,22,25)/b16-13-. The van der Waals surface area contributed by atoms with Gasteiger partial charge in [0.15, 0.2) is 0 Å². The minimum absolute atomic E-state index is 0.00913. The third-order valence-corrected chi connectivity index (χ3v) is 4.09. The lowest BCUT2D eigenvalue weighted by Crippen LogP contribution is -2.35. The summed E-state index contributed by atoms with van der Waals surface area (Å²) in [5, 5.41) is 1.20. The van der Waals surface area contributed by atoms with E-state index in [1.54, 1.807) is 65.4 Å². The molecule has 0 bridgehead atoms. The largest absolute Gasteiger partial charge is 0.314 e. The zero-order chi connectivity index (χ0) is 18.1. The van der Waals surface area contributed by atoms with Gasteiger partial charge in [0, 0.05) is 11.9 Å². The lowest BCUT2D eigenvalue weighted by atomic mass is 10.2. The summed E-state index contributed by atoms with van der Waals surface area (Å²) in [7, 11) is 0. The number of hydrogen-bond donors (Lipinski definition) is 1. The Bertz CT molecular complexity index is 1020. The van der Waals surface area contributed by atoms with Gasteiger partial charge in [-0.3, -0.25) is 15.0 Å². The number of nitrogens with zero attached hydrogens (tertiary/aromatic N) is 2. The Labute approximate surface area is 148 Å². The van der Waals surface area contributed by atoms with Crippen molar-refractivity contribution >= 4 is 23.6 Å². The predicted octanol–water partition coefficient (Wildman–Crippen LogP) is 3.08. The SMILES string of the molecule is O=C1NN(c2ccccc2)C(=O)/C1=C\c1cccn1-c1ccccc1F. The highest BCUT2D eigenvalue weighted by Gasteiger charge is 2.34. The second-order valence-corrected chi connectivity index (χ2v) is 5.73. The Balaban J connectivity index is 1.72. The second-order valence-electron chi connectivity index (χ2n) is 5.73. The summed E-state index contributed by atoms with van der Waals surface area (Å²) in [6.07, 6.45) is 3.14. The molecule has 0 aliphatic carbocycles. The molecule has 128 valence electrons. The summed E-state index contributed by atoms with van der Waals surface area (Å²) in [4.78, 5) is 24.9. The maximum atomic E-state index is 14.1. The summed E-state index contributed by atoms with van der Waals surface area (Å²) in [6, 6.07) is 18.6. The van der Waals surface area contributed by atoms with E-state index in [0.717, 1.165) is 0 Å². The first-order valence-corrected chi connectivity index (χ1v) is 7.99. The van der Waals surface area contributed by atoms with Crippen molar-refractivity contribution in [2.75, 3.05) is 5.01 Å². The van der Waals surface area contributed by atoms with E-state index in [-0.39, 0.29) is 5.57 Å². The highest BCUT2D eigenvalue weighted by atomic mass is 19.1. The molecule has 0 radical (unpaired) electrons. The monoisotopic (exact) mass is 347 g/mol. The molecule has 4 rings (SSSR count). The number of amides is 2. The highest BCUT2D eigenvalue weighted by Crippen LogP contribution is 2.23. The zero-order valence-corrected chi connectivity index (χ0v) is 13.6.